The zero-order chi connectivity index (χ0) is 13.7. The predicted molar refractivity (Wildman–Crippen MR) is 80.9 cm³/mol. The second kappa shape index (κ2) is 6.28. The molecule has 2 heteroatoms. The lowest BCUT2D eigenvalue weighted by atomic mass is 10.1. The highest BCUT2D eigenvalue weighted by molar-refractivity contribution is 5.52. The maximum atomic E-state index is 5.41. The Kier molecular flexibility index (Phi) is 4.45. The van der Waals surface area contributed by atoms with Crippen molar-refractivity contribution in [1.82, 2.24) is 0 Å². The van der Waals surface area contributed by atoms with Crippen LogP contribution in [0.4, 0.5) is 5.69 Å². The molecule has 2 aromatic rings. The van der Waals surface area contributed by atoms with Gasteiger partial charge in [-0.1, -0.05) is 42.8 Å². The van der Waals surface area contributed by atoms with Crippen LogP contribution in [0.5, 0.6) is 5.75 Å². The van der Waals surface area contributed by atoms with Crippen LogP contribution in [0.25, 0.3) is 0 Å². The first-order chi connectivity index (χ1) is 9.24. The molecule has 2 rings (SSSR count). The fraction of sp³-hybridized carbons (Fsp3) is 0.294. The first kappa shape index (κ1) is 13.5. The van der Waals surface area contributed by atoms with E-state index in [1.54, 1.807) is 7.11 Å². The van der Waals surface area contributed by atoms with E-state index in [1.807, 2.05) is 6.07 Å². The zero-order valence-corrected chi connectivity index (χ0v) is 11.9. The molecule has 0 amide bonds. The third-order valence-corrected chi connectivity index (χ3v) is 3.30. The lowest BCUT2D eigenvalue weighted by Crippen LogP contribution is -2.04. The summed E-state index contributed by atoms with van der Waals surface area (Å²) < 4.78 is 5.41. The number of benzene rings is 2. The van der Waals surface area contributed by atoms with Gasteiger partial charge in [-0.2, -0.15) is 0 Å². The Balaban J connectivity index is 2.16. The van der Waals surface area contributed by atoms with E-state index in [4.69, 9.17) is 4.74 Å². The van der Waals surface area contributed by atoms with Crippen LogP contribution in [0.15, 0.2) is 42.5 Å². The summed E-state index contributed by atoms with van der Waals surface area (Å²) in [6, 6.07) is 14.7. The van der Waals surface area contributed by atoms with Crippen LogP contribution in [-0.2, 0) is 13.0 Å². The van der Waals surface area contributed by atoms with E-state index in [0.29, 0.717) is 0 Å². The van der Waals surface area contributed by atoms with Gasteiger partial charge in [0.2, 0.25) is 0 Å². The molecule has 1 N–H and O–H groups in total. The Bertz CT molecular complexity index is 549. The summed E-state index contributed by atoms with van der Waals surface area (Å²) in [5.74, 6) is 0.937. The quantitative estimate of drug-likeness (QED) is 0.865. The van der Waals surface area contributed by atoms with Crippen molar-refractivity contribution in [3.8, 4) is 5.75 Å². The summed E-state index contributed by atoms with van der Waals surface area (Å²) in [5, 5.41) is 3.50. The average molecular weight is 255 g/mol. The van der Waals surface area contributed by atoms with E-state index in [2.05, 4.69) is 55.6 Å². The van der Waals surface area contributed by atoms with Crippen LogP contribution in [0.2, 0.25) is 0 Å². The van der Waals surface area contributed by atoms with Gasteiger partial charge in [-0.3, -0.25) is 0 Å². The normalized spacial score (nSPS) is 10.3. The molecule has 19 heavy (non-hydrogen) atoms. The standard InChI is InChI=1S/C17H21NO/c1-4-14-7-5-6-8-16(14)18-12-15-11-13(2)9-10-17(15)19-3/h5-11,18H,4,12H2,1-3H3. The van der Waals surface area contributed by atoms with E-state index in [9.17, 15) is 0 Å². The first-order valence-electron chi connectivity index (χ1n) is 6.70. The highest BCUT2D eigenvalue weighted by atomic mass is 16.5. The molecule has 0 bridgehead atoms. The number of aryl methyl sites for hydroxylation is 2. The molecule has 0 aliphatic carbocycles. The zero-order valence-electron chi connectivity index (χ0n) is 11.9. The molecule has 0 aromatic heterocycles. The van der Waals surface area contributed by atoms with E-state index in [1.165, 1.54) is 22.4 Å². The Labute approximate surface area is 115 Å². The second-order valence-corrected chi connectivity index (χ2v) is 4.68. The molecule has 0 radical (unpaired) electrons. The monoisotopic (exact) mass is 255 g/mol. The van der Waals surface area contributed by atoms with E-state index in [-0.39, 0.29) is 0 Å². The summed E-state index contributed by atoms with van der Waals surface area (Å²) in [5.41, 5.74) is 4.98. The van der Waals surface area contributed by atoms with Crippen LogP contribution in [-0.4, -0.2) is 7.11 Å². The van der Waals surface area contributed by atoms with Crippen molar-refractivity contribution in [3.63, 3.8) is 0 Å². The number of nitrogens with one attached hydrogen (secondary N) is 1. The smallest absolute Gasteiger partial charge is 0.123 e. The van der Waals surface area contributed by atoms with Crippen molar-refractivity contribution in [1.29, 1.82) is 0 Å². The number of hydrogen-bond acceptors (Lipinski definition) is 2. The number of ether oxygens (including phenoxy) is 1. The first-order valence-corrected chi connectivity index (χ1v) is 6.70. The lowest BCUT2D eigenvalue weighted by molar-refractivity contribution is 0.410. The van der Waals surface area contributed by atoms with Gasteiger partial charge in [0.15, 0.2) is 0 Å². The molecule has 0 saturated carbocycles. The Morgan fingerprint density at radius 1 is 1.05 bits per heavy atom. The molecule has 0 atom stereocenters. The van der Waals surface area contributed by atoms with Crippen LogP contribution in [0.3, 0.4) is 0 Å². The number of methoxy groups -OCH3 is 1. The SMILES string of the molecule is CCc1ccccc1NCc1cc(C)ccc1OC. The van der Waals surface area contributed by atoms with Crippen molar-refractivity contribution >= 4 is 5.69 Å². The molecule has 100 valence electrons. The van der Waals surface area contributed by atoms with Gasteiger partial charge in [0.25, 0.3) is 0 Å². The molecular weight excluding hydrogens is 234 g/mol. The third-order valence-electron chi connectivity index (χ3n) is 3.30. The van der Waals surface area contributed by atoms with E-state index < -0.39 is 0 Å². The summed E-state index contributed by atoms with van der Waals surface area (Å²) >= 11 is 0. The maximum absolute atomic E-state index is 5.41. The Hall–Kier alpha value is -1.96. The summed E-state index contributed by atoms with van der Waals surface area (Å²) in [7, 11) is 1.72. The topological polar surface area (TPSA) is 21.3 Å². The van der Waals surface area contributed by atoms with Gasteiger partial charge in [0.1, 0.15) is 5.75 Å². The Morgan fingerprint density at radius 3 is 2.58 bits per heavy atom. The molecule has 0 unspecified atom stereocenters. The minimum Gasteiger partial charge on any atom is -0.496 e. The van der Waals surface area contributed by atoms with Crippen molar-refractivity contribution in [2.45, 2.75) is 26.8 Å². The molecular formula is C17H21NO. The second-order valence-electron chi connectivity index (χ2n) is 4.68. The van der Waals surface area contributed by atoms with Gasteiger partial charge in [-0.25, -0.2) is 0 Å². The van der Waals surface area contributed by atoms with Crippen LogP contribution in [0.1, 0.15) is 23.6 Å². The van der Waals surface area contributed by atoms with Crippen LogP contribution in [0, 0.1) is 6.92 Å². The van der Waals surface area contributed by atoms with Gasteiger partial charge in [0, 0.05) is 17.8 Å². The predicted octanol–water partition coefficient (Wildman–Crippen LogP) is 4.18. The van der Waals surface area contributed by atoms with E-state index in [0.717, 1.165) is 18.7 Å². The van der Waals surface area contributed by atoms with Gasteiger partial charge in [-0.15, -0.1) is 0 Å². The van der Waals surface area contributed by atoms with Crippen LogP contribution >= 0.6 is 0 Å². The van der Waals surface area contributed by atoms with Gasteiger partial charge in [-0.05, 0) is 31.0 Å². The maximum Gasteiger partial charge on any atom is 0.123 e. The minimum atomic E-state index is 0.780. The number of hydrogen-bond donors (Lipinski definition) is 1. The Morgan fingerprint density at radius 2 is 1.84 bits per heavy atom. The molecule has 0 spiro atoms. The van der Waals surface area contributed by atoms with Gasteiger partial charge >= 0.3 is 0 Å². The molecule has 0 aliphatic heterocycles. The van der Waals surface area contributed by atoms with Gasteiger partial charge in [0.05, 0.1) is 7.11 Å². The number of para-hydroxylation sites is 1. The fourth-order valence-corrected chi connectivity index (χ4v) is 2.24. The highest BCUT2D eigenvalue weighted by Gasteiger charge is 2.04. The fourth-order valence-electron chi connectivity index (χ4n) is 2.24. The molecule has 0 heterocycles. The largest absolute Gasteiger partial charge is 0.496 e. The number of rotatable bonds is 5. The van der Waals surface area contributed by atoms with E-state index >= 15 is 0 Å². The van der Waals surface area contributed by atoms with Crippen molar-refractivity contribution in [2.24, 2.45) is 0 Å². The lowest BCUT2D eigenvalue weighted by Gasteiger charge is -2.13. The van der Waals surface area contributed by atoms with Crippen molar-refractivity contribution in [3.05, 3.63) is 59.2 Å². The molecule has 0 fully saturated rings. The van der Waals surface area contributed by atoms with Gasteiger partial charge < -0.3 is 10.1 Å². The molecule has 2 nitrogen and oxygen atoms in total. The molecule has 0 aliphatic rings. The third kappa shape index (κ3) is 3.28. The van der Waals surface area contributed by atoms with Crippen molar-refractivity contribution in [2.75, 3.05) is 12.4 Å². The minimum absolute atomic E-state index is 0.780. The summed E-state index contributed by atoms with van der Waals surface area (Å²) in [6.45, 7) is 5.05. The summed E-state index contributed by atoms with van der Waals surface area (Å²) in [6.07, 6.45) is 1.04. The van der Waals surface area contributed by atoms with Crippen molar-refractivity contribution < 1.29 is 4.74 Å². The average Bonchev–Trinajstić information content (AvgIpc) is 2.45. The summed E-state index contributed by atoms with van der Waals surface area (Å²) in [4.78, 5) is 0. The molecule has 0 saturated heterocycles. The number of anilines is 1. The molecule has 2 aromatic carbocycles. The van der Waals surface area contributed by atoms with Crippen LogP contribution < -0.4 is 10.1 Å². The highest BCUT2D eigenvalue weighted by Crippen LogP contribution is 2.22.